The summed E-state index contributed by atoms with van der Waals surface area (Å²) >= 11 is 0. The lowest BCUT2D eigenvalue weighted by Crippen LogP contribution is -2.41. The van der Waals surface area contributed by atoms with E-state index in [1.165, 1.54) is 28.6 Å². The van der Waals surface area contributed by atoms with Crippen molar-refractivity contribution in [2.24, 2.45) is 5.92 Å². The van der Waals surface area contributed by atoms with Crippen LogP contribution < -0.4 is 5.32 Å². The average molecular weight is 483 g/mol. The first kappa shape index (κ1) is 25.1. The third-order valence-electron chi connectivity index (χ3n) is 5.69. The first-order chi connectivity index (χ1) is 15.8. The van der Waals surface area contributed by atoms with Gasteiger partial charge in [0.2, 0.25) is 10.0 Å². The highest BCUT2D eigenvalue weighted by atomic mass is 32.2. The predicted molar refractivity (Wildman–Crippen MR) is 117 cm³/mol. The van der Waals surface area contributed by atoms with Gasteiger partial charge in [0, 0.05) is 26.2 Å². The van der Waals surface area contributed by atoms with Gasteiger partial charge in [0.1, 0.15) is 0 Å². The van der Waals surface area contributed by atoms with Crippen molar-refractivity contribution >= 4 is 27.9 Å². The number of carbonyl (C=O) groups is 3. The average Bonchev–Trinajstić information content (AvgIpc) is 3.35. The largest absolute Gasteiger partial charge is 0.462 e. The van der Waals surface area contributed by atoms with E-state index < -0.39 is 27.9 Å². The highest BCUT2D eigenvalue weighted by Gasteiger charge is 2.33. The third-order valence-corrected chi connectivity index (χ3v) is 7.60. The van der Waals surface area contributed by atoms with Crippen LogP contribution in [-0.2, 0) is 33.8 Å². The fourth-order valence-corrected chi connectivity index (χ4v) is 5.27. The van der Waals surface area contributed by atoms with Crippen molar-refractivity contribution < 1.29 is 37.0 Å². The van der Waals surface area contributed by atoms with Crippen molar-refractivity contribution in [2.75, 3.05) is 39.5 Å². The number of sulfonamides is 1. The molecular weight excluding hydrogens is 452 g/mol. The Labute approximate surface area is 193 Å². The second kappa shape index (κ2) is 11.6. The van der Waals surface area contributed by atoms with Gasteiger partial charge in [0.15, 0.2) is 6.61 Å². The van der Waals surface area contributed by atoms with Crippen LogP contribution in [0.3, 0.4) is 0 Å². The molecule has 2 heterocycles. The second-order valence-corrected chi connectivity index (χ2v) is 9.91. The fourth-order valence-electron chi connectivity index (χ4n) is 3.80. The Morgan fingerprint density at radius 2 is 1.79 bits per heavy atom. The first-order valence-electron chi connectivity index (χ1n) is 11.1. The molecule has 1 N–H and O–H groups in total. The summed E-state index contributed by atoms with van der Waals surface area (Å²) in [6, 6.07) is 5.58. The zero-order valence-corrected chi connectivity index (χ0v) is 19.5. The van der Waals surface area contributed by atoms with Gasteiger partial charge in [-0.2, -0.15) is 4.31 Å². The maximum atomic E-state index is 12.9. The number of hydrogen-bond donors (Lipinski definition) is 1. The number of amides is 1. The predicted octanol–water partition coefficient (Wildman–Crippen LogP) is 1.10. The number of ether oxygens (including phenoxy) is 3. The van der Waals surface area contributed by atoms with Gasteiger partial charge in [-0.1, -0.05) is 0 Å². The molecule has 1 amide bonds. The van der Waals surface area contributed by atoms with Crippen molar-refractivity contribution in [1.82, 2.24) is 9.62 Å². The maximum absolute atomic E-state index is 12.9. The van der Waals surface area contributed by atoms with Crippen molar-refractivity contribution in [3.63, 3.8) is 0 Å². The van der Waals surface area contributed by atoms with Gasteiger partial charge in [-0.3, -0.25) is 9.59 Å². The zero-order chi connectivity index (χ0) is 23.8. The number of benzene rings is 1. The molecule has 0 aromatic heterocycles. The van der Waals surface area contributed by atoms with E-state index in [0.717, 1.165) is 12.8 Å². The van der Waals surface area contributed by atoms with Crippen molar-refractivity contribution in [2.45, 2.75) is 43.6 Å². The smallest absolute Gasteiger partial charge is 0.338 e. The number of nitrogens with zero attached hydrogens (tertiary/aromatic N) is 1. The highest BCUT2D eigenvalue weighted by molar-refractivity contribution is 7.89. The van der Waals surface area contributed by atoms with Gasteiger partial charge in [-0.25, -0.2) is 13.2 Å². The molecule has 2 fully saturated rings. The standard InChI is InChI=1S/C22H30N2O8S/c1-2-30-21(26)16-5-7-19(8-6-16)33(28,29)24-11-9-17(10-12-24)22(27)32-15-20(25)23-14-18-4-3-13-31-18/h5-8,17-18H,2-4,9-15H2,1H3,(H,23,25). The minimum Gasteiger partial charge on any atom is -0.462 e. The Bertz CT molecular complexity index is 934. The molecule has 10 nitrogen and oxygen atoms in total. The fraction of sp³-hybridized carbons (Fsp3) is 0.591. The molecule has 11 heteroatoms. The van der Waals surface area contributed by atoms with Crippen molar-refractivity contribution in [3.05, 3.63) is 29.8 Å². The summed E-state index contributed by atoms with van der Waals surface area (Å²) in [7, 11) is -3.75. The molecule has 1 atom stereocenters. The second-order valence-electron chi connectivity index (χ2n) is 7.97. The molecule has 1 aromatic rings. The molecule has 2 aliphatic heterocycles. The minimum atomic E-state index is -3.75. The zero-order valence-electron chi connectivity index (χ0n) is 18.7. The molecule has 33 heavy (non-hydrogen) atoms. The van der Waals surface area contributed by atoms with E-state index in [0.29, 0.717) is 26.0 Å². The molecule has 0 saturated carbocycles. The molecule has 182 valence electrons. The van der Waals surface area contributed by atoms with Crippen LogP contribution >= 0.6 is 0 Å². The SMILES string of the molecule is CCOC(=O)c1ccc(S(=O)(=O)N2CCC(C(=O)OCC(=O)NCC3CCCO3)CC2)cc1. The van der Waals surface area contributed by atoms with Crippen LogP contribution in [0, 0.1) is 5.92 Å². The summed E-state index contributed by atoms with van der Waals surface area (Å²) in [5, 5.41) is 2.69. The number of rotatable bonds is 9. The van der Waals surface area contributed by atoms with Crippen LogP contribution in [0.5, 0.6) is 0 Å². The summed E-state index contributed by atoms with van der Waals surface area (Å²) in [6.45, 7) is 2.97. The molecule has 0 aliphatic carbocycles. The monoisotopic (exact) mass is 482 g/mol. The molecule has 0 bridgehead atoms. The van der Waals surface area contributed by atoms with Gasteiger partial charge < -0.3 is 19.5 Å². The summed E-state index contributed by atoms with van der Waals surface area (Å²) in [6.07, 6.45) is 2.49. The molecular formula is C22H30N2O8S. The lowest BCUT2D eigenvalue weighted by Gasteiger charge is -2.30. The lowest BCUT2D eigenvalue weighted by atomic mass is 9.98. The number of esters is 2. The van der Waals surface area contributed by atoms with E-state index >= 15 is 0 Å². The molecule has 0 spiro atoms. The quantitative estimate of drug-likeness (QED) is 0.518. The Hall–Kier alpha value is -2.50. The van der Waals surface area contributed by atoms with Crippen LogP contribution in [0.4, 0.5) is 0 Å². The minimum absolute atomic E-state index is 0.0114. The van der Waals surface area contributed by atoms with Gasteiger partial charge in [-0.15, -0.1) is 0 Å². The van der Waals surface area contributed by atoms with Gasteiger partial charge in [0.25, 0.3) is 5.91 Å². The van der Waals surface area contributed by atoms with Gasteiger partial charge >= 0.3 is 11.9 Å². The molecule has 2 saturated heterocycles. The Kier molecular flexibility index (Phi) is 8.81. The number of piperidine rings is 1. The molecule has 0 radical (unpaired) electrons. The van der Waals surface area contributed by atoms with E-state index in [9.17, 15) is 22.8 Å². The Morgan fingerprint density at radius 1 is 1.09 bits per heavy atom. The molecule has 1 aromatic carbocycles. The van der Waals surface area contributed by atoms with E-state index in [2.05, 4.69) is 5.32 Å². The van der Waals surface area contributed by atoms with E-state index in [1.807, 2.05) is 0 Å². The third kappa shape index (κ3) is 6.75. The van der Waals surface area contributed by atoms with Crippen molar-refractivity contribution in [3.8, 4) is 0 Å². The lowest BCUT2D eigenvalue weighted by molar-refractivity contribution is -0.153. The summed E-state index contributed by atoms with van der Waals surface area (Å²) < 4.78 is 42.5. The van der Waals surface area contributed by atoms with E-state index in [4.69, 9.17) is 14.2 Å². The number of carbonyl (C=O) groups excluding carboxylic acids is 3. The first-order valence-corrected chi connectivity index (χ1v) is 12.6. The van der Waals surface area contributed by atoms with E-state index in [-0.39, 0.29) is 48.8 Å². The highest BCUT2D eigenvalue weighted by Crippen LogP contribution is 2.25. The normalized spacial score (nSPS) is 19.7. The molecule has 1 unspecified atom stereocenters. The van der Waals surface area contributed by atoms with E-state index in [1.54, 1.807) is 6.92 Å². The Balaban J connectivity index is 1.44. The summed E-state index contributed by atoms with van der Waals surface area (Å²) in [5.41, 5.74) is 0.275. The maximum Gasteiger partial charge on any atom is 0.338 e. The van der Waals surface area contributed by atoms with Gasteiger partial charge in [-0.05, 0) is 56.9 Å². The summed E-state index contributed by atoms with van der Waals surface area (Å²) in [5.74, 6) is -1.86. The van der Waals surface area contributed by atoms with Crippen LogP contribution in [0.15, 0.2) is 29.2 Å². The molecule has 3 rings (SSSR count). The molecule has 2 aliphatic rings. The van der Waals surface area contributed by atoms with Crippen LogP contribution in [0.1, 0.15) is 43.0 Å². The van der Waals surface area contributed by atoms with Crippen LogP contribution in [0.2, 0.25) is 0 Å². The summed E-state index contributed by atoms with van der Waals surface area (Å²) in [4.78, 5) is 36.0. The number of nitrogens with one attached hydrogen (secondary N) is 1. The van der Waals surface area contributed by atoms with Crippen molar-refractivity contribution in [1.29, 1.82) is 0 Å². The van der Waals surface area contributed by atoms with Gasteiger partial charge in [0.05, 0.1) is 29.1 Å². The number of hydrogen-bond acceptors (Lipinski definition) is 8. The Morgan fingerprint density at radius 3 is 2.39 bits per heavy atom. The topological polar surface area (TPSA) is 128 Å². The van der Waals surface area contributed by atoms with Crippen LogP contribution in [-0.4, -0.2) is 76.1 Å². The van der Waals surface area contributed by atoms with Crippen LogP contribution in [0.25, 0.3) is 0 Å².